The van der Waals surface area contributed by atoms with Gasteiger partial charge in [0, 0.05) is 47.0 Å². The molecule has 0 spiro atoms. The van der Waals surface area contributed by atoms with E-state index in [4.69, 9.17) is 9.73 Å². The minimum absolute atomic E-state index is 0.0633. The van der Waals surface area contributed by atoms with E-state index in [9.17, 15) is 5.11 Å². The van der Waals surface area contributed by atoms with Crippen molar-refractivity contribution in [1.82, 2.24) is 19.9 Å². The van der Waals surface area contributed by atoms with Crippen molar-refractivity contribution < 1.29 is 9.84 Å². The van der Waals surface area contributed by atoms with Crippen LogP contribution in [0.2, 0.25) is 0 Å². The second-order valence-corrected chi connectivity index (χ2v) is 10.5. The molecule has 0 aliphatic rings. The van der Waals surface area contributed by atoms with Crippen LogP contribution in [0.4, 0.5) is 11.6 Å². The molecule has 0 aliphatic carbocycles. The number of fused-ring (bicyclic) bond motifs is 1. The average molecular weight is 549 g/mol. The number of aromatic hydroxyl groups is 1. The molecule has 8 heteroatoms. The lowest BCUT2D eigenvalue weighted by molar-refractivity contribution is 0.281. The summed E-state index contributed by atoms with van der Waals surface area (Å²) < 4.78 is 5.89. The Labute approximate surface area is 240 Å². The maximum absolute atomic E-state index is 11.1. The average Bonchev–Trinajstić information content (AvgIpc) is 3.30. The molecule has 2 heterocycles. The van der Waals surface area contributed by atoms with Gasteiger partial charge in [-0.3, -0.25) is 0 Å². The number of ether oxygens (including phenoxy) is 1. The second kappa shape index (κ2) is 12.7. The zero-order valence-electron chi connectivity index (χ0n) is 23.9. The Kier molecular flexibility index (Phi) is 8.60. The van der Waals surface area contributed by atoms with Gasteiger partial charge in [-0.05, 0) is 70.3 Å². The van der Waals surface area contributed by atoms with Gasteiger partial charge in [0.15, 0.2) is 5.88 Å². The second-order valence-electron chi connectivity index (χ2n) is 10.5. The predicted molar refractivity (Wildman–Crippen MR) is 167 cm³/mol. The molecule has 0 fully saturated rings. The molecule has 0 saturated heterocycles. The molecule has 0 aliphatic heterocycles. The summed E-state index contributed by atoms with van der Waals surface area (Å²) in [6.45, 7) is 5.73. The number of aromatic nitrogens is 3. The fraction of sp³-hybridized carbons (Fsp3) is 0.242. The van der Waals surface area contributed by atoms with E-state index < -0.39 is 0 Å². The fourth-order valence-electron chi connectivity index (χ4n) is 4.59. The number of benzene rings is 3. The largest absolute Gasteiger partial charge is 0.494 e. The van der Waals surface area contributed by atoms with Crippen molar-refractivity contribution in [2.75, 3.05) is 32.6 Å². The van der Waals surface area contributed by atoms with E-state index in [1.54, 1.807) is 12.4 Å². The summed E-state index contributed by atoms with van der Waals surface area (Å²) in [5.74, 6) is 1.47. The first-order chi connectivity index (χ1) is 19.9. The van der Waals surface area contributed by atoms with Crippen molar-refractivity contribution in [1.29, 1.82) is 0 Å². The third-order valence-corrected chi connectivity index (χ3v) is 6.56. The third kappa shape index (κ3) is 6.91. The molecule has 0 unspecified atom stereocenters. The van der Waals surface area contributed by atoms with Crippen molar-refractivity contribution in [2.24, 2.45) is 4.99 Å². The van der Waals surface area contributed by atoms with Crippen molar-refractivity contribution in [3.63, 3.8) is 0 Å². The molecule has 0 radical (unpaired) electrons. The Morgan fingerprint density at radius 3 is 2.39 bits per heavy atom. The molecule has 3 aromatic carbocycles. The molecule has 0 bridgehead atoms. The van der Waals surface area contributed by atoms with Crippen LogP contribution in [0.15, 0.2) is 90.2 Å². The van der Waals surface area contributed by atoms with Crippen molar-refractivity contribution >= 4 is 28.3 Å². The number of aromatic amines is 1. The van der Waals surface area contributed by atoms with E-state index in [1.807, 2.05) is 86.6 Å². The van der Waals surface area contributed by atoms with Crippen LogP contribution >= 0.6 is 0 Å². The molecule has 3 N–H and O–H groups in total. The molecule has 8 nitrogen and oxygen atoms in total. The van der Waals surface area contributed by atoms with E-state index in [-0.39, 0.29) is 11.9 Å². The Hall–Kier alpha value is -4.69. The quantitative estimate of drug-likeness (QED) is 0.126. The van der Waals surface area contributed by atoms with Crippen LogP contribution in [0.5, 0.6) is 11.6 Å². The molecule has 0 atom stereocenters. The molecule has 41 heavy (non-hydrogen) atoms. The molecule has 2 aromatic heterocycles. The van der Waals surface area contributed by atoms with Crippen LogP contribution < -0.4 is 10.1 Å². The number of nitrogens with one attached hydrogen (secondary N) is 2. The summed E-state index contributed by atoms with van der Waals surface area (Å²) in [7, 11) is 4.11. The SMILES string of the molecule is CC(C)Nc1ncc(-c2ccc3c(C(=Nc4ccc(OCCCN(C)C)cc4)c4ccccc4)c(O)[nH]c3c2)cn1. The number of hydrogen-bond acceptors (Lipinski definition) is 7. The minimum atomic E-state index is 0.0633. The Morgan fingerprint density at radius 2 is 1.71 bits per heavy atom. The van der Waals surface area contributed by atoms with Crippen LogP contribution in [0.1, 0.15) is 31.4 Å². The van der Waals surface area contributed by atoms with E-state index in [0.29, 0.717) is 23.8 Å². The Balaban J connectivity index is 1.46. The van der Waals surface area contributed by atoms with Gasteiger partial charge in [-0.1, -0.05) is 42.5 Å². The van der Waals surface area contributed by atoms with Crippen LogP contribution in [0, 0.1) is 0 Å². The molecule has 0 amide bonds. The van der Waals surface area contributed by atoms with Crippen molar-refractivity contribution in [2.45, 2.75) is 26.3 Å². The van der Waals surface area contributed by atoms with Gasteiger partial charge in [-0.15, -0.1) is 0 Å². The Bertz CT molecular complexity index is 1610. The fourth-order valence-corrected chi connectivity index (χ4v) is 4.59. The van der Waals surface area contributed by atoms with Crippen molar-refractivity contribution in [3.8, 4) is 22.8 Å². The predicted octanol–water partition coefficient (Wildman–Crippen LogP) is 6.65. The first-order valence-electron chi connectivity index (χ1n) is 13.8. The van der Waals surface area contributed by atoms with Gasteiger partial charge in [0.2, 0.25) is 5.95 Å². The third-order valence-electron chi connectivity index (χ3n) is 6.56. The number of hydrogen-bond donors (Lipinski definition) is 3. The summed E-state index contributed by atoms with van der Waals surface area (Å²) in [5.41, 5.74) is 5.62. The highest BCUT2D eigenvalue weighted by Crippen LogP contribution is 2.34. The molecule has 210 valence electrons. The van der Waals surface area contributed by atoms with Gasteiger partial charge in [0.1, 0.15) is 5.75 Å². The van der Waals surface area contributed by atoms with Gasteiger partial charge in [-0.2, -0.15) is 0 Å². The minimum Gasteiger partial charge on any atom is -0.494 e. The van der Waals surface area contributed by atoms with E-state index in [0.717, 1.165) is 52.0 Å². The lowest BCUT2D eigenvalue weighted by Gasteiger charge is -2.11. The van der Waals surface area contributed by atoms with Gasteiger partial charge in [0.05, 0.1) is 23.6 Å². The highest BCUT2D eigenvalue weighted by atomic mass is 16.5. The van der Waals surface area contributed by atoms with Crippen LogP contribution in [-0.2, 0) is 0 Å². The van der Waals surface area contributed by atoms with Crippen molar-refractivity contribution in [3.05, 3.63) is 96.3 Å². The molecular formula is C33H36N6O2. The van der Waals surface area contributed by atoms with E-state index in [1.165, 1.54) is 0 Å². The highest BCUT2D eigenvalue weighted by Gasteiger charge is 2.19. The summed E-state index contributed by atoms with van der Waals surface area (Å²) in [5, 5.41) is 15.2. The van der Waals surface area contributed by atoms with Gasteiger partial charge in [0.25, 0.3) is 0 Å². The van der Waals surface area contributed by atoms with Gasteiger partial charge < -0.3 is 25.0 Å². The van der Waals surface area contributed by atoms with Crippen LogP contribution in [-0.4, -0.2) is 64.0 Å². The molecule has 0 saturated carbocycles. The van der Waals surface area contributed by atoms with E-state index >= 15 is 0 Å². The first-order valence-corrected chi connectivity index (χ1v) is 13.8. The lowest BCUT2D eigenvalue weighted by Crippen LogP contribution is -2.15. The summed E-state index contributed by atoms with van der Waals surface area (Å²) >= 11 is 0. The lowest BCUT2D eigenvalue weighted by atomic mass is 9.99. The van der Waals surface area contributed by atoms with Crippen LogP contribution in [0.3, 0.4) is 0 Å². The normalized spacial score (nSPS) is 11.9. The Morgan fingerprint density at radius 1 is 0.976 bits per heavy atom. The molecular weight excluding hydrogens is 512 g/mol. The maximum Gasteiger partial charge on any atom is 0.222 e. The number of H-pyrrole nitrogens is 1. The monoisotopic (exact) mass is 548 g/mol. The molecule has 5 rings (SSSR count). The maximum atomic E-state index is 11.1. The number of rotatable bonds is 11. The number of anilines is 1. The highest BCUT2D eigenvalue weighted by molar-refractivity contribution is 6.22. The number of nitrogens with zero attached hydrogens (tertiary/aromatic N) is 4. The molecule has 5 aromatic rings. The topological polar surface area (TPSA) is 98.7 Å². The van der Waals surface area contributed by atoms with Gasteiger partial charge in [-0.25, -0.2) is 15.0 Å². The summed E-state index contributed by atoms with van der Waals surface area (Å²) in [4.78, 5) is 19.2. The number of aliphatic imine (C=N–C) groups is 1. The first kappa shape index (κ1) is 27.9. The smallest absolute Gasteiger partial charge is 0.222 e. The van der Waals surface area contributed by atoms with Crippen LogP contribution in [0.25, 0.3) is 22.0 Å². The van der Waals surface area contributed by atoms with Gasteiger partial charge >= 0.3 is 0 Å². The standard InChI is InChI=1S/C33H36N6O2/c1-22(2)36-33-34-20-25(21-35-33)24-11-16-28-29(19-24)38-32(40)30(28)31(23-9-6-5-7-10-23)37-26-12-14-27(15-13-26)41-18-8-17-39(3)4/h5-7,9-16,19-22,38,40H,8,17-18H2,1-4H3,(H,34,35,36). The summed E-state index contributed by atoms with van der Waals surface area (Å²) in [6, 6.07) is 23.9. The van der Waals surface area contributed by atoms with E-state index in [2.05, 4.69) is 39.3 Å². The zero-order chi connectivity index (χ0) is 28.8. The zero-order valence-corrected chi connectivity index (χ0v) is 23.9. The summed E-state index contributed by atoms with van der Waals surface area (Å²) in [6.07, 6.45) is 4.56.